The lowest BCUT2D eigenvalue weighted by molar-refractivity contribution is -0.394. The van der Waals surface area contributed by atoms with Gasteiger partial charge in [-0.05, 0) is 18.4 Å². The first-order valence-corrected chi connectivity index (χ1v) is 4.76. The Kier molecular flexibility index (Phi) is 3.93. The molecule has 0 heterocycles. The largest absolute Gasteiger partial charge is 0.276 e. The van der Waals surface area contributed by atoms with Crippen molar-refractivity contribution in [2.75, 3.05) is 0 Å². The van der Waals surface area contributed by atoms with Crippen LogP contribution < -0.4 is 0 Å². The molecule has 1 rings (SSSR count). The van der Waals surface area contributed by atoms with Crippen LogP contribution in [0.25, 0.3) is 0 Å². The van der Waals surface area contributed by atoms with Crippen LogP contribution in [0.3, 0.4) is 0 Å². The number of rotatable bonds is 5. The number of hydrogen-bond donors (Lipinski definition) is 0. The normalized spacial score (nSPS) is 10.1. The van der Waals surface area contributed by atoms with E-state index in [0.29, 0.717) is 18.4 Å². The van der Waals surface area contributed by atoms with Crippen LogP contribution in [0.4, 0.5) is 11.4 Å². The number of nitro groups is 2. The first-order chi connectivity index (χ1) is 7.54. The molecule has 0 bridgehead atoms. The van der Waals surface area contributed by atoms with Gasteiger partial charge in [0.25, 0.3) is 11.4 Å². The van der Waals surface area contributed by atoms with Gasteiger partial charge < -0.3 is 0 Å². The Balaban J connectivity index is 3.08. The minimum absolute atomic E-state index is 0.242. The van der Waals surface area contributed by atoms with Crippen molar-refractivity contribution in [3.05, 3.63) is 50.9 Å². The molecule has 1 radical (unpaired) electrons. The van der Waals surface area contributed by atoms with E-state index in [1.165, 1.54) is 12.1 Å². The van der Waals surface area contributed by atoms with Crippen molar-refractivity contribution < 1.29 is 9.85 Å². The van der Waals surface area contributed by atoms with Crippen molar-refractivity contribution in [2.24, 2.45) is 0 Å². The van der Waals surface area contributed by atoms with E-state index in [1.54, 1.807) is 0 Å². The quantitative estimate of drug-likeness (QED) is 0.567. The van der Waals surface area contributed by atoms with Gasteiger partial charge in [0, 0.05) is 12.1 Å². The van der Waals surface area contributed by atoms with Crippen molar-refractivity contribution in [1.29, 1.82) is 0 Å². The zero-order chi connectivity index (χ0) is 12.1. The molecule has 0 spiro atoms. The van der Waals surface area contributed by atoms with E-state index >= 15 is 0 Å². The topological polar surface area (TPSA) is 86.3 Å². The van der Waals surface area contributed by atoms with E-state index < -0.39 is 9.85 Å². The molecule has 1 aromatic carbocycles. The molecule has 0 unspecified atom stereocenters. The fourth-order valence-corrected chi connectivity index (χ4v) is 1.34. The fraction of sp³-hybridized carbons (Fsp3) is 0.300. The predicted octanol–water partition coefficient (Wildman–Crippen LogP) is 2.66. The number of nitro benzene ring substituents is 2. The molecule has 16 heavy (non-hydrogen) atoms. The third-order valence-corrected chi connectivity index (χ3v) is 2.10. The van der Waals surface area contributed by atoms with Crippen LogP contribution in [0.5, 0.6) is 0 Å². The molecule has 0 aromatic heterocycles. The molecule has 0 aliphatic rings. The predicted molar refractivity (Wildman–Crippen MR) is 58.0 cm³/mol. The lowest BCUT2D eigenvalue weighted by Crippen LogP contribution is -1.95. The number of unbranched alkanes of at least 4 members (excludes halogenated alkanes) is 1. The van der Waals surface area contributed by atoms with E-state index in [2.05, 4.69) is 6.92 Å². The molecule has 1 aromatic rings. The summed E-state index contributed by atoms with van der Waals surface area (Å²) in [6.45, 7) is 3.65. The van der Waals surface area contributed by atoms with E-state index in [4.69, 9.17) is 0 Å². The summed E-state index contributed by atoms with van der Waals surface area (Å²) in [4.78, 5) is 19.9. The summed E-state index contributed by atoms with van der Waals surface area (Å²) in [7, 11) is 0. The molecule has 6 heteroatoms. The maximum absolute atomic E-state index is 10.6. The Hall–Kier alpha value is -1.98. The van der Waals surface area contributed by atoms with Gasteiger partial charge in [-0.15, -0.1) is 0 Å². The van der Waals surface area contributed by atoms with Crippen molar-refractivity contribution in [3.8, 4) is 0 Å². The second-order valence-corrected chi connectivity index (χ2v) is 3.33. The zero-order valence-corrected chi connectivity index (χ0v) is 8.59. The molecular weight excluding hydrogens is 212 g/mol. The van der Waals surface area contributed by atoms with Crippen LogP contribution in [0.1, 0.15) is 18.4 Å². The molecule has 0 atom stereocenters. The Morgan fingerprint density at radius 2 is 1.56 bits per heavy atom. The second-order valence-electron chi connectivity index (χ2n) is 3.33. The molecule has 0 N–H and O–H groups in total. The lowest BCUT2D eigenvalue weighted by atomic mass is 10.1. The van der Waals surface area contributed by atoms with Gasteiger partial charge in [0.2, 0.25) is 0 Å². The molecule has 0 fully saturated rings. The number of benzene rings is 1. The Labute approximate surface area is 92.2 Å². The third kappa shape index (κ3) is 3.01. The van der Waals surface area contributed by atoms with Crippen LogP contribution in [-0.4, -0.2) is 9.85 Å². The van der Waals surface area contributed by atoms with Gasteiger partial charge in [-0.1, -0.05) is 13.3 Å². The highest BCUT2D eigenvalue weighted by Crippen LogP contribution is 2.23. The van der Waals surface area contributed by atoms with Gasteiger partial charge in [-0.3, -0.25) is 20.2 Å². The molecule has 0 saturated heterocycles. The first kappa shape index (κ1) is 12.1. The van der Waals surface area contributed by atoms with E-state index in [9.17, 15) is 20.2 Å². The van der Waals surface area contributed by atoms with E-state index in [1.807, 2.05) is 0 Å². The van der Waals surface area contributed by atoms with Gasteiger partial charge in [-0.25, -0.2) is 0 Å². The van der Waals surface area contributed by atoms with Crippen LogP contribution in [0.2, 0.25) is 0 Å². The summed E-state index contributed by atoms with van der Waals surface area (Å²) in [5.41, 5.74) is 0.117. The standard InChI is InChI=1S/C10H11N2O4/c1-2-3-4-8-5-9(11(13)14)7-10(6-8)12(15)16/h5-7H,1-4H2. The highest BCUT2D eigenvalue weighted by Gasteiger charge is 2.15. The third-order valence-electron chi connectivity index (χ3n) is 2.10. The minimum Gasteiger partial charge on any atom is -0.258 e. The Morgan fingerprint density at radius 1 is 1.06 bits per heavy atom. The van der Waals surface area contributed by atoms with E-state index in [-0.39, 0.29) is 11.4 Å². The van der Waals surface area contributed by atoms with E-state index in [0.717, 1.165) is 12.5 Å². The van der Waals surface area contributed by atoms with Crippen LogP contribution in [-0.2, 0) is 6.42 Å². The maximum atomic E-state index is 10.6. The smallest absolute Gasteiger partial charge is 0.258 e. The summed E-state index contributed by atoms with van der Waals surface area (Å²) >= 11 is 0. The summed E-state index contributed by atoms with van der Waals surface area (Å²) in [6, 6.07) is 3.69. The fourth-order valence-electron chi connectivity index (χ4n) is 1.34. The van der Waals surface area contributed by atoms with Crippen LogP contribution >= 0.6 is 0 Å². The van der Waals surface area contributed by atoms with Crippen LogP contribution in [0.15, 0.2) is 18.2 Å². The van der Waals surface area contributed by atoms with Crippen molar-refractivity contribution >= 4 is 11.4 Å². The highest BCUT2D eigenvalue weighted by molar-refractivity contribution is 5.46. The molecule has 0 amide bonds. The highest BCUT2D eigenvalue weighted by atomic mass is 16.6. The first-order valence-electron chi connectivity index (χ1n) is 4.76. The minimum atomic E-state index is -0.624. The summed E-state index contributed by atoms with van der Waals surface area (Å²) < 4.78 is 0. The molecule has 0 aliphatic heterocycles. The molecule has 0 aliphatic carbocycles. The van der Waals surface area contributed by atoms with Crippen LogP contribution in [0, 0.1) is 27.2 Å². The van der Waals surface area contributed by atoms with Gasteiger partial charge >= 0.3 is 0 Å². The van der Waals surface area contributed by atoms with Gasteiger partial charge in [0.1, 0.15) is 0 Å². The van der Waals surface area contributed by atoms with Gasteiger partial charge in [0.05, 0.1) is 15.9 Å². The maximum Gasteiger partial charge on any atom is 0.276 e. The number of aryl methyl sites for hydroxylation is 1. The number of nitrogens with zero attached hydrogens (tertiary/aromatic N) is 2. The average Bonchev–Trinajstić information content (AvgIpc) is 2.25. The van der Waals surface area contributed by atoms with Crippen molar-refractivity contribution in [1.82, 2.24) is 0 Å². The summed E-state index contributed by atoms with van der Waals surface area (Å²) in [6.07, 6.45) is 2.00. The van der Waals surface area contributed by atoms with Gasteiger partial charge in [-0.2, -0.15) is 0 Å². The summed E-state index contributed by atoms with van der Waals surface area (Å²) in [5.74, 6) is 0. The molecule has 85 valence electrons. The Morgan fingerprint density at radius 3 is 1.94 bits per heavy atom. The lowest BCUT2D eigenvalue weighted by Gasteiger charge is -2.00. The van der Waals surface area contributed by atoms with Gasteiger partial charge in [0.15, 0.2) is 0 Å². The SMILES string of the molecule is [CH2]CCCc1cc([N+](=O)[O-])cc([N+](=O)[O-])c1. The second kappa shape index (κ2) is 5.20. The monoisotopic (exact) mass is 223 g/mol. The zero-order valence-electron chi connectivity index (χ0n) is 8.59. The van der Waals surface area contributed by atoms with Crippen molar-refractivity contribution in [2.45, 2.75) is 19.3 Å². The Bertz CT molecular complexity index is 385. The average molecular weight is 223 g/mol. The molecular formula is C10H11N2O4. The number of hydrogen-bond acceptors (Lipinski definition) is 4. The summed E-state index contributed by atoms with van der Waals surface area (Å²) in [5, 5.41) is 21.1. The molecule has 0 saturated carbocycles. The van der Waals surface area contributed by atoms with Crippen molar-refractivity contribution in [3.63, 3.8) is 0 Å². The molecule has 6 nitrogen and oxygen atoms in total. The number of non-ortho nitro benzene ring substituents is 2.